The average Bonchev–Trinajstić information content (AvgIpc) is 3.10. The molecule has 126 valence electrons. The van der Waals surface area contributed by atoms with Gasteiger partial charge in [-0.25, -0.2) is 4.79 Å². The second-order valence-electron chi connectivity index (χ2n) is 5.76. The molecule has 1 aliphatic heterocycles. The van der Waals surface area contributed by atoms with Crippen molar-refractivity contribution in [2.75, 3.05) is 19.7 Å². The minimum absolute atomic E-state index is 0.308. The monoisotopic (exact) mass is 326 g/mol. The van der Waals surface area contributed by atoms with Gasteiger partial charge < -0.3 is 9.15 Å². The van der Waals surface area contributed by atoms with Gasteiger partial charge in [-0.05, 0) is 50.5 Å². The van der Waals surface area contributed by atoms with Crippen LogP contribution >= 0.6 is 0 Å². The molecule has 0 radical (unpaired) electrons. The lowest BCUT2D eigenvalue weighted by Crippen LogP contribution is -2.24. The van der Waals surface area contributed by atoms with Crippen LogP contribution in [0, 0.1) is 0 Å². The van der Waals surface area contributed by atoms with Gasteiger partial charge in [0.25, 0.3) is 0 Å². The zero-order chi connectivity index (χ0) is 16.8. The standard InChI is InChI=1S/C19H22N2O3/c1-2-23-19(22)16-8-6-15(7-9-16)18-11-10-17(24-18)14-20-21-12-4-3-5-13-21/h6-11,14H,2-5,12-13H2,1H3/b20-14-. The van der Waals surface area contributed by atoms with Gasteiger partial charge in [-0.2, -0.15) is 5.10 Å². The second kappa shape index (κ2) is 7.81. The van der Waals surface area contributed by atoms with E-state index in [9.17, 15) is 4.79 Å². The van der Waals surface area contributed by atoms with Gasteiger partial charge in [0.1, 0.15) is 11.5 Å². The van der Waals surface area contributed by atoms with Crippen molar-refractivity contribution in [3.05, 3.63) is 47.7 Å². The summed E-state index contributed by atoms with van der Waals surface area (Å²) >= 11 is 0. The van der Waals surface area contributed by atoms with Crippen LogP contribution in [0.4, 0.5) is 0 Å². The van der Waals surface area contributed by atoms with E-state index in [2.05, 4.69) is 10.1 Å². The molecule has 5 nitrogen and oxygen atoms in total. The Morgan fingerprint density at radius 3 is 2.62 bits per heavy atom. The van der Waals surface area contributed by atoms with Gasteiger partial charge in [-0.15, -0.1) is 0 Å². The summed E-state index contributed by atoms with van der Waals surface area (Å²) in [6.07, 6.45) is 5.46. The maximum absolute atomic E-state index is 11.7. The summed E-state index contributed by atoms with van der Waals surface area (Å²) in [5.41, 5.74) is 1.46. The topological polar surface area (TPSA) is 55.0 Å². The van der Waals surface area contributed by atoms with Crippen molar-refractivity contribution in [2.45, 2.75) is 26.2 Å². The molecule has 24 heavy (non-hydrogen) atoms. The SMILES string of the molecule is CCOC(=O)c1ccc(-c2ccc(/C=N\N3CCCCC3)o2)cc1. The summed E-state index contributed by atoms with van der Waals surface area (Å²) < 4.78 is 10.8. The van der Waals surface area contributed by atoms with E-state index in [-0.39, 0.29) is 5.97 Å². The molecule has 1 aromatic heterocycles. The van der Waals surface area contributed by atoms with Crippen molar-refractivity contribution in [1.29, 1.82) is 0 Å². The molecule has 0 N–H and O–H groups in total. The number of hydrazone groups is 1. The fourth-order valence-electron chi connectivity index (χ4n) is 2.69. The third-order valence-corrected chi connectivity index (χ3v) is 3.99. The molecule has 1 fully saturated rings. The molecule has 0 atom stereocenters. The van der Waals surface area contributed by atoms with E-state index in [0.29, 0.717) is 12.2 Å². The number of rotatable bonds is 5. The molecule has 1 aliphatic rings. The highest BCUT2D eigenvalue weighted by Crippen LogP contribution is 2.22. The molecule has 0 spiro atoms. The van der Waals surface area contributed by atoms with Crippen LogP contribution in [-0.4, -0.2) is 36.9 Å². The fourth-order valence-corrected chi connectivity index (χ4v) is 2.69. The largest absolute Gasteiger partial charge is 0.462 e. The Morgan fingerprint density at radius 2 is 1.92 bits per heavy atom. The second-order valence-corrected chi connectivity index (χ2v) is 5.76. The quantitative estimate of drug-likeness (QED) is 0.617. The first kappa shape index (κ1) is 16.3. The van der Waals surface area contributed by atoms with Gasteiger partial charge in [0.2, 0.25) is 0 Å². The van der Waals surface area contributed by atoms with Crippen LogP contribution in [0.15, 0.2) is 45.9 Å². The number of esters is 1. The minimum atomic E-state index is -0.308. The molecule has 1 saturated heterocycles. The third-order valence-electron chi connectivity index (χ3n) is 3.99. The van der Waals surface area contributed by atoms with Gasteiger partial charge in [0.15, 0.2) is 0 Å². The number of carbonyl (C=O) groups is 1. The molecule has 3 rings (SSSR count). The molecule has 0 bridgehead atoms. The highest BCUT2D eigenvalue weighted by atomic mass is 16.5. The summed E-state index contributed by atoms with van der Waals surface area (Å²) in [4.78, 5) is 11.7. The predicted molar refractivity (Wildman–Crippen MR) is 93.1 cm³/mol. The van der Waals surface area contributed by atoms with Crippen LogP contribution in [0.3, 0.4) is 0 Å². The summed E-state index contributed by atoms with van der Waals surface area (Å²) in [5.74, 6) is 1.17. The molecule has 0 amide bonds. The summed E-state index contributed by atoms with van der Waals surface area (Å²) in [6, 6.07) is 11.0. The van der Waals surface area contributed by atoms with E-state index in [4.69, 9.17) is 9.15 Å². The molecule has 2 heterocycles. The smallest absolute Gasteiger partial charge is 0.338 e. The number of ether oxygens (including phenoxy) is 1. The van der Waals surface area contributed by atoms with Gasteiger partial charge in [0, 0.05) is 18.7 Å². The van der Waals surface area contributed by atoms with Crippen LogP contribution in [0.5, 0.6) is 0 Å². The first-order valence-electron chi connectivity index (χ1n) is 8.42. The maximum Gasteiger partial charge on any atom is 0.338 e. The number of carbonyl (C=O) groups excluding carboxylic acids is 1. The summed E-state index contributed by atoms with van der Waals surface area (Å²) in [6.45, 7) is 4.19. The Balaban J connectivity index is 1.66. The first-order valence-corrected chi connectivity index (χ1v) is 8.42. The van der Waals surface area contributed by atoms with Crippen molar-refractivity contribution in [3.8, 4) is 11.3 Å². The number of hydrogen-bond acceptors (Lipinski definition) is 5. The summed E-state index contributed by atoms with van der Waals surface area (Å²) in [7, 11) is 0. The molecule has 1 aromatic carbocycles. The highest BCUT2D eigenvalue weighted by molar-refractivity contribution is 5.90. The molecular weight excluding hydrogens is 304 g/mol. The number of piperidine rings is 1. The Kier molecular flexibility index (Phi) is 5.31. The zero-order valence-electron chi connectivity index (χ0n) is 13.9. The summed E-state index contributed by atoms with van der Waals surface area (Å²) in [5, 5.41) is 6.55. The Labute approximate surface area is 141 Å². The third kappa shape index (κ3) is 4.04. The van der Waals surface area contributed by atoms with Crippen LogP contribution in [-0.2, 0) is 4.74 Å². The van der Waals surface area contributed by atoms with E-state index in [1.54, 1.807) is 25.3 Å². The van der Waals surface area contributed by atoms with E-state index in [1.807, 2.05) is 24.3 Å². The van der Waals surface area contributed by atoms with Crippen molar-refractivity contribution in [2.24, 2.45) is 5.10 Å². The van der Waals surface area contributed by atoms with Gasteiger partial charge >= 0.3 is 5.97 Å². The Hall–Kier alpha value is -2.56. The number of furan rings is 1. The zero-order valence-corrected chi connectivity index (χ0v) is 13.9. The molecule has 0 saturated carbocycles. The maximum atomic E-state index is 11.7. The number of nitrogens with zero attached hydrogens (tertiary/aromatic N) is 2. The van der Waals surface area contributed by atoms with Crippen LogP contribution < -0.4 is 0 Å². The van der Waals surface area contributed by atoms with E-state index in [1.165, 1.54) is 19.3 Å². The molecule has 0 unspecified atom stereocenters. The lowest BCUT2D eigenvalue weighted by atomic mass is 10.1. The molecule has 2 aromatic rings. The van der Waals surface area contributed by atoms with Crippen LogP contribution in [0.25, 0.3) is 11.3 Å². The first-order chi connectivity index (χ1) is 11.8. The molecule has 0 aliphatic carbocycles. The fraction of sp³-hybridized carbons (Fsp3) is 0.368. The Bertz CT molecular complexity index is 698. The van der Waals surface area contributed by atoms with E-state index >= 15 is 0 Å². The lowest BCUT2D eigenvalue weighted by Gasteiger charge is -2.22. The van der Waals surface area contributed by atoms with Gasteiger partial charge in [-0.3, -0.25) is 5.01 Å². The minimum Gasteiger partial charge on any atom is -0.462 e. The normalized spacial score (nSPS) is 15.0. The molecular formula is C19H22N2O3. The Morgan fingerprint density at radius 1 is 1.17 bits per heavy atom. The lowest BCUT2D eigenvalue weighted by molar-refractivity contribution is 0.0526. The van der Waals surface area contributed by atoms with Gasteiger partial charge in [-0.1, -0.05) is 12.1 Å². The number of benzene rings is 1. The van der Waals surface area contributed by atoms with Crippen molar-refractivity contribution >= 4 is 12.2 Å². The highest BCUT2D eigenvalue weighted by Gasteiger charge is 2.09. The van der Waals surface area contributed by atoms with Gasteiger partial charge in [0.05, 0.1) is 18.4 Å². The molecule has 5 heteroatoms. The van der Waals surface area contributed by atoms with Crippen LogP contribution in [0.1, 0.15) is 42.3 Å². The van der Waals surface area contributed by atoms with Crippen molar-refractivity contribution in [3.63, 3.8) is 0 Å². The van der Waals surface area contributed by atoms with Crippen LogP contribution in [0.2, 0.25) is 0 Å². The average molecular weight is 326 g/mol. The van der Waals surface area contributed by atoms with Crippen molar-refractivity contribution < 1.29 is 13.9 Å². The number of hydrogen-bond donors (Lipinski definition) is 0. The van der Waals surface area contributed by atoms with Crippen molar-refractivity contribution in [1.82, 2.24) is 5.01 Å². The van der Waals surface area contributed by atoms with E-state index < -0.39 is 0 Å². The predicted octanol–water partition coefficient (Wildman–Crippen LogP) is 3.94. The van der Waals surface area contributed by atoms with E-state index in [0.717, 1.165) is 30.2 Å².